The molecule has 0 radical (unpaired) electrons. The zero-order valence-electron chi connectivity index (χ0n) is 15.6. The van der Waals surface area contributed by atoms with Gasteiger partial charge in [0.2, 0.25) is 11.8 Å². The van der Waals surface area contributed by atoms with Crippen LogP contribution in [0.25, 0.3) is 0 Å². The first-order valence-electron chi connectivity index (χ1n) is 9.41. The van der Waals surface area contributed by atoms with Crippen LogP contribution in [0.3, 0.4) is 0 Å². The van der Waals surface area contributed by atoms with Crippen molar-refractivity contribution in [2.75, 3.05) is 23.4 Å². The van der Waals surface area contributed by atoms with E-state index in [4.69, 9.17) is 4.74 Å². The van der Waals surface area contributed by atoms with Gasteiger partial charge < -0.3 is 15.0 Å². The first-order valence-corrected chi connectivity index (χ1v) is 9.41. The minimum atomic E-state index is -0.469. The van der Waals surface area contributed by atoms with E-state index in [1.807, 2.05) is 39.0 Å². The van der Waals surface area contributed by atoms with Crippen LogP contribution in [0, 0.1) is 23.2 Å². The van der Waals surface area contributed by atoms with Crippen molar-refractivity contribution in [1.82, 2.24) is 0 Å². The summed E-state index contributed by atoms with van der Waals surface area (Å²) in [5, 5.41) is 3.05. The zero-order chi connectivity index (χ0) is 18.5. The van der Waals surface area contributed by atoms with Crippen LogP contribution in [0.5, 0.6) is 5.75 Å². The third kappa shape index (κ3) is 3.00. The number of hydrogen-bond acceptors (Lipinski definition) is 3. The normalized spacial score (nSPS) is 26.4. The van der Waals surface area contributed by atoms with Crippen molar-refractivity contribution in [1.29, 1.82) is 0 Å². The lowest BCUT2D eigenvalue weighted by atomic mass is 9.92. The minimum Gasteiger partial charge on any atom is -0.490 e. The molecule has 1 N–H and O–H groups in total. The Morgan fingerprint density at radius 3 is 2.65 bits per heavy atom. The molecule has 2 bridgehead atoms. The molecular formula is C21H26N2O3. The van der Waals surface area contributed by atoms with E-state index in [-0.39, 0.29) is 17.7 Å². The van der Waals surface area contributed by atoms with E-state index in [9.17, 15) is 9.59 Å². The number of benzene rings is 1. The molecule has 4 rings (SSSR count). The van der Waals surface area contributed by atoms with Crippen LogP contribution in [-0.4, -0.2) is 25.0 Å². The lowest BCUT2D eigenvalue weighted by molar-refractivity contribution is -0.126. The highest BCUT2D eigenvalue weighted by Crippen LogP contribution is 2.44. The van der Waals surface area contributed by atoms with E-state index in [1.54, 1.807) is 4.90 Å². The molecule has 0 aromatic heterocycles. The van der Waals surface area contributed by atoms with Crippen molar-refractivity contribution in [3.63, 3.8) is 0 Å². The molecule has 1 heterocycles. The van der Waals surface area contributed by atoms with Crippen LogP contribution in [0.2, 0.25) is 0 Å². The van der Waals surface area contributed by atoms with Gasteiger partial charge in [-0.2, -0.15) is 0 Å². The number of allylic oxidation sites excluding steroid dienone is 2. The summed E-state index contributed by atoms with van der Waals surface area (Å²) in [4.78, 5) is 27.3. The number of amides is 2. The third-order valence-corrected chi connectivity index (χ3v) is 5.59. The largest absolute Gasteiger partial charge is 0.490 e. The van der Waals surface area contributed by atoms with Gasteiger partial charge in [0.05, 0.1) is 12.2 Å². The number of rotatable bonds is 2. The quantitative estimate of drug-likeness (QED) is 0.826. The molecule has 1 fully saturated rings. The highest BCUT2D eigenvalue weighted by atomic mass is 16.5. The average Bonchev–Trinajstić information content (AvgIpc) is 3.23. The number of nitrogens with zero attached hydrogens (tertiary/aromatic N) is 1. The lowest BCUT2D eigenvalue weighted by Gasteiger charge is -2.34. The van der Waals surface area contributed by atoms with Gasteiger partial charge in [0.1, 0.15) is 12.4 Å². The summed E-state index contributed by atoms with van der Waals surface area (Å²) in [6.07, 6.45) is 6.46. The number of anilines is 2. The van der Waals surface area contributed by atoms with Gasteiger partial charge >= 0.3 is 0 Å². The molecule has 1 saturated carbocycles. The van der Waals surface area contributed by atoms with Gasteiger partial charge in [-0.1, -0.05) is 32.9 Å². The second kappa shape index (κ2) is 6.15. The Morgan fingerprint density at radius 2 is 2.00 bits per heavy atom. The fourth-order valence-electron chi connectivity index (χ4n) is 4.23. The molecule has 26 heavy (non-hydrogen) atoms. The van der Waals surface area contributed by atoms with E-state index in [1.165, 1.54) is 0 Å². The second-order valence-electron chi connectivity index (χ2n) is 8.61. The van der Waals surface area contributed by atoms with Crippen LogP contribution in [0.15, 0.2) is 30.4 Å². The molecular weight excluding hydrogens is 328 g/mol. The molecule has 1 aromatic rings. The summed E-state index contributed by atoms with van der Waals surface area (Å²) in [5.74, 6) is 1.82. The molecule has 0 saturated heterocycles. The highest BCUT2D eigenvalue weighted by Gasteiger charge is 2.40. The summed E-state index contributed by atoms with van der Waals surface area (Å²) >= 11 is 0. The molecule has 3 unspecified atom stereocenters. The summed E-state index contributed by atoms with van der Waals surface area (Å²) < 4.78 is 5.70. The molecule has 0 spiro atoms. The predicted molar refractivity (Wildman–Crippen MR) is 101 cm³/mol. The minimum absolute atomic E-state index is 0.0590. The van der Waals surface area contributed by atoms with Crippen molar-refractivity contribution < 1.29 is 14.3 Å². The number of nitrogens with one attached hydrogen (secondary N) is 1. The fourth-order valence-corrected chi connectivity index (χ4v) is 4.23. The van der Waals surface area contributed by atoms with Gasteiger partial charge in [-0.15, -0.1) is 0 Å². The maximum absolute atomic E-state index is 12.8. The average molecular weight is 354 g/mol. The molecule has 2 aliphatic carbocycles. The van der Waals surface area contributed by atoms with Gasteiger partial charge in [0, 0.05) is 17.0 Å². The monoisotopic (exact) mass is 354 g/mol. The standard InChI is InChI=1S/C21H26N2O3/c1-21(2,3)20(25)23-8-9-26-18-7-6-15(12-17(18)23)22-19(24)16-11-13-4-5-14(16)10-13/h4-7,12-14,16H,8-11H2,1-3H3,(H,22,24). The summed E-state index contributed by atoms with van der Waals surface area (Å²) in [5.41, 5.74) is 0.989. The first kappa shape index (κ1) is 17.1. The molecule has 2 amide bonds. The fraction of sp³-hybridized carbons (Fsp3) is 0.524. The predicted octanol–water partition coefficient (Wildman–Crippen LogP) is 3.61. The summed E-state index contributed by atoms with van der Waals surface area (Å²) in [6.45, 7) is 6.76. The Balaban J connectivity index is 1.55. The van der Waals surface area contributed by atoms with Crippen molar-refractivity contribution >= 4 is 23.2 Å². The lowest BCUT2D eigenvalue weighted by Crippen LogP contribution is -2.44. The van der Waals surface area contributed by atoms with Crippen molar-refractivity contribution in [3.8, 4) is 5.75 Å². The van der Waals surface area contributed by atoms with Crippen LogP contribution >= 0.6 is 0 Å². The molecule has 1 aromatic carbocycles. The Bertz CT molecular complexity index is 778. The highest BCUT2D eigenvalue weighted by molar-refractivity contribution is 6.00. The third-order valence-electron chi connectivity index (χ3n) is 5.59. The van der Waals surface area contributed by atoms with Crippen LogP contribution in [-0.2, 0) is 9.59 Å². The Labute approximate surface area is 154 Å². The van der Waals surface area contributed by atoms with Gasteiger partial charge in [-0.25, -0.2) is 0 Å². The number of carbonyl (C=O) groups is 2. The summed E-state index contributed by atoms with van der Waals surface area (Å²) in [7, 11) is 0. The number of ether oxygens (including phenoxy) is 1. The first-order chi connectivity index (χ1) is 12.3. The van der Waals surface area contributed by atoms with Crippen molar-refractivity contribution in [2.45, 2.75) is 33.6 Å². The Hall–Kier alpha value is -2.30. The van der Waals surface area contributed by atoms with Crippen molar-refractivity contribution in [3.05, 3.63) is 30.4 Å². The Morgan fingerprint density at radius 1 is 1.19 bits per heavy atom. The summed E-state index contributed by atoms with van der Waals surface area (Å²) in [6, 6.07) is 5.55. The molecule has 3 atom stereocenters. The zero-order valence-corrected chi connectivity index (χ0v) is 15.6. The van der Waals surface area contributed by atoms with Crippen LogP contribution in [0.4, 0.5) is 11.4 Å². The Kier molecular flexibility index (Phi) is 4.05. The molecule has 5 nitrogen and oxygen atoms in total. The van der Waals surface area contributed by atoms with Gasteiger partial charge in [-0.3, -0.25) is 9.59 Å². The van der Waals surface area contributed by atoms with E-state index < -0.39 is 5.41 Å². The van der Waals surface area contributed by atoms with Crippen LogP contribution in [0.1, 0.15) is 33.6 Å². The van der Waals surface area contributed by atoms with Crippen LogP contribution < -0.4 is 15.0 Å². The van der Waals surface area contributed by atoms with Crippen molar-refractivity contribution in [2.24, 2.45) is 23.2 Å². The molecule has 5 heteroatoms. The van der Waals surface area contributed by atoms with E-state index in [0.29, 0.717) is 30.7 Å². The second-order valence-corrected chi connectivity index (χ2v) is 8.61. The topological polar surface area (TPSA) is 58.6 Å². The SMILES string of the molecule is CC(C)(C)C(=O)N1CCOc2ccc(NC(=O)C3CC4C=CC3C4)cc21. The van der Waals surface area contributed by atoms with Gasteiger partial charge in [-0.05, 0) is 42.9 Å². The molecule has 138 valence electrons. The van der Waals surface area contributed by atoms with Gasteiger partial charge in [0.25, 0.3) is 0 Å². The maximum atomic E-state index is 12.8. The van der Waals surface area contributed by atoms with E-state index in [2.05, 4.69) is 17.5 Å². The van der Waals surface area contributed by atoms with E-state index >= 15 is 0 Å². The number of fused-ring (bicyclic) bond motifs is 3. The van der Waals surface area contributed by atoms with E-state index in [0.717, 1.165) is 24.2 Å². The molecule has 1 aliphatic heterocycles. The number of hydrogen-bond donors (Lipinski definition) is 1. The van der Waals surface area contributed by atoms with Gasteiger partial charge in [0.15, 0.2) is 0 Å². The smallest absolute Gasteiger partial charge is 0.232 e. The molecule has 3 aliphatic rings. The maximum Gasteiger partial charge on any atom is 0.232 e. The number of carbonyl (C=O) groups excluding carboxylic acids is 2.